The fraction of sp³-hybridized carbons (Fsp3) is 0.300. The highest BCUT2D eigenvalue weighted by molar-refractivity contribution is 6.36. The molecule has 0 saturated heterocycles. The Bertz CT molecular complexity index is 730. The van der Waals surface area contributed by atoms with Gasteiger partial charge in [-0.05, 0) is 30.2 Å². The number of hydrogen-bond donors (Lipinski definition) is 0. The maximum Gasteiger partial charge on any atom is 0.0712 e. The molecule has 0 atom stereocenters. The van der Waals surface area contributed by atoms with Gasteiger partial charge in [0.25, 0.3) is 0 Å². The normalized spacial score (nSPS) is 15.5. The van der Waals surface area contributed by atoms with Gasteiger partial charge in [-0.1, -0.05) is 57.2 Å². The largest absolute Gasteiger partial charge is 0.266 e. The minimum atomic E-state index is -0.103. The molecule has 1 aliphatic rings. The first-order valence-corrected chi connectivity index (χ1v) is 8.18. The van der Waals surface area contributed by atoms with Crippen molar-refractivity contribution in [3.8, 4) is 0 Å². The zero-order valence-electron chi connectivity index (χ0n) is 14.0. The molecule has 0 radical (unpaired) electrons. The first kappa shape index (κ1) is 15.5. The molecule has 0 bridgehead atoms. The fourth-order valence-electron chi connectivity index (χ4n) is 2.89. The van der Waals surface area contributed by atoms with Crippen molar-refractivity contribution in [1.82, 2.24) is 0 Å². The maximum atomic E-state index is 4.77. The van der Waals surface area contributed by atoms with Crippen LogP contribution >= 0.6 is 0 Å². The zero-order chi connectivity index (χ0) is 16.3. The summed E-state index contributed by atoms with van der Waals surface area (Å²) in [5, 5.41) is 6.77. The van der Waals surface area contributed by atoms with Crippen molar-refractivity contribution in [2.45, 2.75) is 32.6 Å². The van der Waals surface area contributed by atoms with Crippen molar-refractivity contribution >= 4 is 23.3 Å². The minimum Gasteiger partial charge on any atom is -0.266 e. The van der Waals surface area contributed by atoms with Gasteiger partial charge in [0.1, 0.15) is 0 Å². The summed E-state index contributed by atoms with van der Waals surface area (Å²) in [5.74, 6) is 0. The van der Waals surface area contributed by atoms with Gasteiger partial charge in [-0.15, -0.1) is 0 Å². The van der Waals surface area contributed by atoms with Crippen LogP contribution in [-0.2, 0) is 5.41 Å². The fourth-order valence-corrected chi connectivity index (χ4v) is 2.89. The van der Waals surface area contributed by atoms with Crippen LogP contribution in [0.25, 0.3) is 0 Å². The van der Waals surface area contributed by atoms with Crippen LogP contribution in [0.1, 0.15) is 32.8 Å². The van der Waals surface area contributed by atoms with Crippen molar-refractivity contribution in [2.75, 3.05) is 11.6 Å². The molecule has 1 aliphatic heterocycles. The second-order valence-electron chi connectivity index (χ2n) is 6.34. The molecule has 2 aromatic carbocycles. The summed E-state index contributed by atoms with van der Waals surface area (Å²) >= 11 is 0. The Balaban J connectivity index is 1.87. The average molecular weight is 305 g/mol. The van der Waals surface area contributed by atoms with E-state index in [1.807, 2.05) is 35.5 Å². The number of anilines is 1. The van der Waals surface area contributed by atoms with E-state index in [9.17, 15) is 0 Å². The molecule has 23 heavy (non-hydrogen) atoms. The number of benzene rings is 2. The van der Waals surface area contributed by atoms with Crippen molar-refractivity contribution < 1.29 is 0 Å². The molecule has 3 heteroatoms. The van der Waals surface area contributed by atoms with E-state index in [4.69, 9.17) is 10.1 Å². The van der Waals surface area contributed by atoms with Crippen LogP contribution in [0.15, 0.2) is 64.7 Å². The third-order valence-electron chi connectivity index (χ3n) is 4.27. The number of hydrogen-bond acceptors (Lipinski definition) is 3. The molecule has 1 heterocycles. The quantitative estimate of drug-likeness (QED) is 0.567. The summed E-state index contributed by atoms with van der Waals surface area (Å²) in [6, 6.07) is 18.6. The Morgan fingerprint density at radius 3 is 2.43 bits per heavy atom. The summed E-state index contributed by atoms with van der Waals surface area (Å²) in [6.45, 7) is 7.46. The predicted molar refractivity (Wildman–Crippen MR) is 99.1 cm³/mol. The van der Waals surface area contributed by atoms with Crippen LogP contribution < -0.4 is 5.01 Å². The van der Waals surface area contributed by atoms with Gasteiger partial charge in [-0.2, -0.15) is 5.10 Å². The number of hydrazone groups is 1. The van der Waals surface area contributed by atoms with Crippen molar-refractivity contribution in [3.63, 3.8) is 0 Å². The standard InChI is InChI=1S/C20H23N3/c1-4-14-23(16-10-6-5-7-11-16)21-15-19-20(2,3)17-12-8-9-13-18(17)22-19/h5-13,15H,4,14H2,1-3H3. The highest BCUT2D eigenvalue weighted by atomic mass is 15.4. The summed E-state index contributed by atoms with van der Waals surface area (Å²) < 4.78 is 0. The first-order chi connectivity index (χ1) is 11.1. The van der Waals surface area contributed by atoms with Crippen LogP contribution in [0.5, 0.6) is 0 Å². The van der Waals surface area contributed by atoms with Gasteiger partial charge >= 0.3 is 0 Å². The van der Waals surface area contributed by atoms with Gasteiger partial charge in [0.05, 0.1) is 23.3 Å². The number of nitrogens with zero attached hydrogens (tertiary/aromatic N) is 3. The molecule has 3 nitrogen and oxygen atoms in total. The van der Waals surface area contributed by atoms with Gasteiger partial charge in [0.2, 0.25) is 0 Å². The molecular formula is C20H23N3. The lowest BCUT2D eigenvalue weighted by atomic mass is 9.82. The van der Waals surface area contributed by atoms with Gasteiger partial charge < -0.3 is 0 Å². The van der Waals surface area contributed by atoms with Crippen LogP contribution in [0.4, 0.5) is 11.4 Å². The van der Waals surface area contributed by atoms with Crippen molar-refractivity contribution in [3.05, 3.63) is 60.2 Å². The summed E-state index contributed by atoms with van der Waals surface area (Å²) in [5.41, 5.74) is 4.34. The maximum absolute atomic E-state index is 4.77. The SMILES string of the molecule is CCCN(N=CC1=Nc2ccccc2C1(C)C)c1ccccc1. The van der Waals surface area contributed by atoms with Crippen molar-refractivity contribution in [2.24, 2.45) is 10.1 Å². The average Bonchev–Trinajstić information content (AvgIpc) is 2.83. The highest BCUT2D eigenvalue weighted by Crippen LogP contribution is 2.39. The van der Waals surface area contributed by atoms with E-state index in [-0.39, 0.29) is 5.41 Å². The molecule has 0 amide bonds. The number of para-hydroxylation sites is 2. The van der Waals surface area contributed by atoms with Crippen LogP contribution in [0.3, 0.4) is 0 Å². The molecule has 0 N–H and O–H groups in total. The minimum absolute atomic E-state index is 0.103. The molecule has 118 valence electrons. The topological polar surface area (TPSA) is 28.0 Å². The molecule has 0 aliphatic carbocycles. The van der Waals surface area contributed by atoms with E-state index >= 15 is 0 Å². The third kappa shape index (κ3) is 3.04. The smallest absolute Gasteiger partial charge is 0.0712 e. The predicted octanol–water partition coefficient (Wildman–Crippen LogP) is 4.95. The summed E-state index contributed by atoms with van der Waals surface area (Å²) in [4.78, 5) is 4.77. The van der Waals surface area contributed by atoms with E-state index in [1.54, 1.807) is 0 Å². The molecule has 0 aromatic heterocycles. The summed E-state index contributed by atoms with van der Waals surface area (Å²) in [6.07, 6.45) is 2.96. The van der Waals surface area contributed by atoms with E-state index in [0.29, 0.717) is 0 Å². The number of aliphatic imine (C=N–C) groups is 1. The van der Waals surface area contributed by atoms with Gasteiger partial charge in [-0.25, -0.2) is 0 Å². The Morgan fingerprint density at radius 1 is 1.04 bits per heavy atom. The second-order valence-corrected chi connectivity index (χ2v) is 6.34. The third-order valence-corrected chi connectivity index (χ3v) is 4.27. The lowest BCUT2D eigenvalue weighted by Gasteiger charge is -2.22. The van der Waals surface area contributed by atoms with Crippen molar-refractivity contribution in [1.29, 1.82) is 0 Å². The highest BCUT2D eigenvalue weighted by Gasteiger charge is 2.33. The molecule has 3 rings (SSSR count). The van der Waals surface area contributed by atoms with E-state index in [1.165, 1.54) is 5.56 Å². The lowest BCUT2D eigenvalue weighted by molar-refractivity contribution is 0.743. The number of rotatable bonds is 5. The number of fused-ring (bicyclic) bond motifs is 1. The van der Waals surface area contributed by atoms with Gasteiger partial charge in [-0.3, -0.25) is 10.0 Å². The Labute approximate surface area is 138 Å². The van der Waals surface area contributed by atoms with E-state index in [0.717, 1.165) is 30.1 Å². The molecule has 0 spiro atoms. The second kappa shape index (κ2) is 6.37. The first-order valence-electron chi connectivity index (χ1n) is 8.18. The van der Waals surface area contributed by atoms with E-state index < -0.39 is 0 Å². The monoisotopic (exact) mass is 305 g/mol. The van der Waals surface area contributed by atoms with Crippen LogP contribution in [0.2, 0.25) is 0 Å². The van der Waals surface area contributed by atoms with Crippen LogP contribution in [0, 0.1) is 0 Å². The Kier molecular flexibility index (Phi) is 4.28. The lowest BCUT2D eigenvalue weighted by Crippen LogP contribution is -2.28. The van der Waals surface area contributed by atoms with Crippen LogP contribution in [-0.4, -0.2) is 18.5 Å². The molecule has 2 aromatic rings. The van der Waals surface area contributed by atoms with Gasteiger partial charge in [0, 0.05) is 12.0 Å². The molecular weight excluding hydrogens is 282 g/mol. The molecule has 0 unspecified atom stereocenters. The Morgan fingerprint density at radius 2 is 1.74 bits per heavy atom. The molecule has 0 saturated carbocycles. The summed E-state index contributed by atoms with van der Waals surface area (Å²) in [7, 11) is 0. The molecule has 0 fully saturated rings. The Hall–Kier alpha value is -2.42. The van der Waals surface area contributed by atoms with E-state index in [2.05, 4.69) is 51.1 Å². The van der Waals surface area contributed by atoms with Gasteiger partial charge in [0.15, 0.2) is 0 Å². The zero-order valence-corrected chi connectivity index (χ0v) is 14.0.